The lowest BCUT2D eigenvalue weighted by atomic mass is 10.1. The second kappa shape index (κ2) is 13.4. The molecule has 2 aliphatic heterocycles. The fourth-order valence-electron chi connectivity index (χ4n) is 4.38. The Morgan fingerprint density at radius 3 is 2.58 bits per heavy atom. The Labute approximate surface area is 204 Å². The van der Waals surface area contributed by atoms with E-state index < -0.39 is 0 Å². The molecule has 1 N–H and O–H groups in total. The van der Waals surface area contributed by atoms with Crippen LogP contribution in [-0.4, -0.2) is 81.3 Å². The van der Waals surface area contributed by atoms with Gasteiger partial charge in [-0.1, -0.05) is 6.07 Å². The Bertz CT molecular complexity index is 695. The second-order valence-electron chi connectivity index (χ2n) is 8.14. The van der Waals surface area contributed by atoms with Crippen LogP contribution in [0.5, 0.6) is 0 Å². The first-order valence-corrected chi connectivity index (χ1v) is 11.5. The number of guanidine groups is 1. The normalized spacial score (nSPS) is 19.9. The number of benzene rings is 1. The molecule has 2 heterocycles. The van der Waals surface area contributed by atoms with Gasteiger partial charge in [0.2, 0.25) is 0 Å². The minimum atomic E-state index is -0.164. The predicted molar refractivity (Wildman–Crippen MR) is 137 cm³/mol. The molecular formula is C23H39FIN5O. The summed E-state index contributed by atoms with van der Waals surface area (Å²) in [6.07, 6.45) is 1.19. The van der Waals surface area contributed by atoms with Crippen molar-refractivity contribution >= 4 is 35.6 Å². The fourth-order valence-corrected chi connectivity index (χ4v) is 4.38. The van der Waals surface area contributed by atoms with Crippen molar-refractivity contribution in [1.82, 2.24) is 15.1 Å². The van der Waals surface area contributed by atoms with Crippen LogP contribution < -0.4 is 10.2 Å². The molecule has 0 radical (unpaired) electrons. The molecule has 3 rings (SSSR count). The summed E-state index contributed by atoms with van der Waals surface area (Å²) < 4.78 is 20.1. The topological polar surface area (TPSA) is 43.3 Å². The van der Waals surface area contributed by atoms with E-state index in [0.717, 1.165) is 77.1 Å². The second-order valence-corrected chi connectivity index (χ2v) is 8.14. The molecule has 0 aromatic heterocycles. The van der Waals surface area contributed by atoms with Crippen LogP contribution in [0, 0.1) is 11.7 Å². The Morgan fingerprint density at radius 2 is 1.94 bits per heavy atom. The number of nitrogens with one attached hydrogen (secondary N) is 1. The predicted octanol–water partition coefficient (Wildman–Crippen LogP) is 3.41. The van der Waals surface area contributed by atoms with E-state index in [1.807, 2.05) is 30.9 Å². The zero-order valence-electron chi connectivity index (χ0n) is 19.3. The number of halogens is 2. The number of ether oxygens (including phenoxy) is 1. The lowest BCUT2D eigenvalue weighted by Crippen LogP contribution is -2.42. The van der Waals surface area contributed by atoms with Gasteiger partial charge >= 0.3 is 0 Å². The summed E-state index contributed by atoms with van der Waals surface area (Å²) in [6, 6.07) is 5.51. The maximum absolute atomic E-state index is 14.6. The van der Waals surface area contributed by atoms with Gasteiger partial charge in [0, 0.05) is 52.4 Å². The Hall–Kier alpha value is -1.13. The van der Waals surface area contributed by atoms with Crippen LogP contribution in [0.3, 0.4) is 0 Å². The zero-order valence-corrected chi connectivity index (χ0v) is 21.6. The number of likely N-dealkylation sites (tertiary alicyclic amines) is 1. The van der Waals surface area contributed by atoms with Gasteiger partial charge in [0.15, 0.2) is 5.96 Å². The summed E-state index contributed by atoms with van der Waals surface area (Å²) in [5.74, 6) is 1.44. The highest BCUT2D eigenvalue weighted by Crippen LogP contribution is 2.22. The van der Waals surface area contributed by atoms with E-state index in [1.54, 1.807) is 6.07 Å². The van der Waals surface area contributed by atoms with E-state index in [0.29, 0.717) is 18.2 Å². The molecule has 0 bridgehead atoms. The lowest BCUT2D eigenvalue weighted by molar-refractivity contribution is 0.0315. The molecule has 1 aromatic carbocycles. The molecule has 176 valence electrons. The van der Waals surface area contributed by atoms with Crippen LogP contribution in [0.4, 0.5) is 10.1 Å². The maximum Gasteiger partial charge on any atom is 0.194 e. The third-order valence-electron chi connectivity index (χ3n) is 6.07. The number of rotatable bonds is 8. The van der Waals surface area contributed by atoms with E-state index in [1.165, 1.54) is 6.42 Å². The SMILES string of the molecule is CCNC(=NCc1ccc(N(CC)CC)c(F)c1)N1CCC(CN2CCOCC2)C1.I. The molecular weight excluding hydrogens is 508 g/mol. The highest BCUT2D eigenvalue weighted by Gasteiger charge is 2.27. The van der Waals surface area contributed by atoms with Crippen LogP contribution >= 0.6 is 24.0 Å². The van der Waals surface area contributed by atoms with Gasteiger partial charge in [-0.05, 0) is 50.8 Å². The van der Waals surface area contributed by atoms with E-state index in [4.69, 9.17) is 9.73 Å². The first kappa shape index (κ1) is 26.1. The minimum Gasteiger partial charge on any atom is -0.379 e. The molecule has 1 unspecified atom stereocenters. The van der Waals surface area contributed by atoms with Crippen molar-refractivity contribution in [3.8, 4) is 0 Å². The molecule has 0 saturated carbocycles. The number of hydrogen-bond donors (Lipinski definition) is 1. The highest BCUT2D eigenvalue weighted by atomic mass is 127. The first-order chi connectivity index (χ1) is 14.6. The molecule has 1 aromatic rings. The van der Waals surface area contributed by atoms with Crippen LogP contribution in [0.25, 0.3) is 0 Å². The fraction of sp³-hybridized carbons (Fsp3) is 0.696. The minimum absolute atomic E-state index is 0. The number of hydrogen-bond acceptors (Lipinski definition) is 4. The van der Waals surface area contributed by atoms with Crippen LogP contribution in [0.1, 0.15) is 32.8 Å². The van der Waals surface area contributed by atoms with Gasteiger partial charge in [-0.15, -0.1) is 24.0 Å². The third kappa shape index (κ3) is 7.46. The van der Waals surface area contributed by atoms with Crippen molar-refractivity contribution in [2.75, 3.05) is 70.5 Å². The summed E-state index contributed by atoms with van der Waals surface area (Å²) in [4.78, 5) is 11.7. The number of nitrogens with zero attached hydrogens (tertiary/aromatic N) is 4. The van der Waals surface area contributed by atoms with Crippen molar-refractivity contribution < 1.29 is 9.13 Å². The van der Waals surface area contributed by atoms with Crippen LogP contribution in [-0.2, 0) is 11.3 Å². The average molecular weight is 548 g/mol. The monoisotopic (exact) mass is 547 g/mol. The van der Waals surface area contributed by atoms with Crippen LogP contribution in [0.2, 0.25) is 0 Å². The quantitative estimate of drug-likeness (QED) is 0.307. The van der Waals surface area contributed by atoms with E-state index in [-0.39, 0.29) is 29.8 Å². The van der Waals surface area contributed by atoms with Crippen molar-refractivity contribution in [3.63, 3.8) is 0 Å². The largest absolute Gasteiger partial charge is 0.379 e. The molecule has 8 heteroatoms. The van der Waals surface area contributed by atoms with Gasteiger partial charge in [0.25, 0.3) is 0 Å². The van der Waals surface area contributed by atoms with Crippen LogP contribution in [0.15, 0.2) is 23.2 Å². The van der Waals surface area contributed by atoms with E-state index in [2.05, 4.69) is 22.0 Å². The Morgan fingerprint density at radius 1 is 1.19 bits per heavy atom. The standard InChI is InChI=1S/C23H38FN5O.HI/c1-4-25-23(29-10-9-20(18-29)17-27-11-13-30-14-12-27)26-16-19-7-8-22(21(24)15-19)28(5-2)6-3;/h7-8,15,20H,4-6,9-14,16-18H2,1-3H3,(H,25,26);1H. The molecule has 2 aliphatic rings. The summed E-state index contributed by atoms with van der Waals surface area (Å²) >= 11 is 0. The summed E-state index contributed by atoms with van der Waals surface area (Å²) in [7, 11) is 0. The summed E-state index contributed by atoms with van der Waals surface area (Å²) in [5, 5.41) is 3.42. The molecule has 31 heavy (non-hydrogen) atoms. The van der Waals surface area contributed by atoms with Gasteiger partial charge in [0.1, 0.15) is 5.82 Å². The molecule has 0 spiro atoms. The maximum atomic E-state index is 14.6. The first-order valence-electron chi connectivity index (χ1n) is 11.5. The number of aliphatic imine (C=N–C) groups is 1. The molecule has 1 atom stereocenters. The molecule has 0 amide bonds. The average Bonchev–Trinajstić information content (AvgIpc) is 3.22. The molecule has 0 aliphatic carbocycles. The van der Waals surface area contributed by atoms with Crippen molar-refractivity contribution in [2.45, 2.75) is 33.7 Å². The van der Waals surface area contributed by atoms with Crippen molar-refractivity contribution in [2.24, 2.45) is 10.9 Å². The molecule has 2 fully saturated rings. The molecule has 6 nitrogen and oxygen atoms in total. The third-order valence-corrected chi connectivity index (χ3v) is 6.07. The number of morpholine rings is 1. The van der Waals surface area contributed by atoms with Gasteiger partial charge in [-0.25, -0.2) is 9.38 Å². The summed E-state index contributed by atoms with van der Waals surface area (Å²) in [5.41, 5.74) is 1.58. The van der Waals surface area contributed by atoms with Gasteiger partial charge in [-0.3, -0.25) is 4.90 Å². The van der Waals surface area contributed by atoms with Crippen molar-refractivity contribution in [3.05, 3.63) is 29.6 Å². The summed E-state index contributed by atoms with van der Waals surface area (Å²) in [6.45, 7) is 16.1. The van der Waals surface area contributed by atoms with Gasteiger partial charge in [-0.2, -0.15) is 0 Å². The van der Waals surface area contributed by atoms with E-state index >= 15 is 0 Å². The van der Waals surface area contributed by atoms with Gasteiger partial charge in [0.05, 0.1) is 25.4 Å². The lowest BCUT2D eigenvalue weighted by Gasteiger charge is -2.29. The molecule has 2 saturated heterocycles. The smallest absolute Gasteiger partial charge is 0.194 e. The Balaban J connectivity index is 0.00000341. The Kier molecular flexibility index (Phi) is 11.3. The highest BCUT2D eigenvalue weighted by molar-refractivity contribution is 14.0. The zero-order chi connectivity index (χ0) is 21.3. The number of anilines is 1. The van der Waals surface area contributed by atoms with Gasteiger partial charge < -0.3 is 19.9 Å². The van der Waals surface area contributed by atoms with E-state index in [9.17, 15) is 4.39 Å². The van der Waals surface area contributed by atoms with Crippen molar-refractivity contribution in [1.29, 1.82) is 0 Å².